The third kappa shape index (κ3) is 4.10. The number of amides is 3. The first-order valence-electron chi connectivity index (χ1n) is 7.47. The Morgan fingerprint density at radius 1 is 1.43 bits per heavy atom. The summed E-state index contributed by atoms with van der Waals surface area (Å²) < 4.78 is 9.89. The predicted molar refractivity (Wildman–Crippen MR) is 80.6 cm³/mol. The van der Waals surface area contributed by atoms with E-state index in [1.165, 1.54) is 18.3 Å². The first-order chi connectivity index (χ1) is 11.1. The molecule has 8 nitrogen and oxygen atoms in total. The molecule has 1 aliphatic heterocycles. The van der Waals surface area contributed by atoms with Gasteiger partial charge in [0.05, 0.1) is 6.26 Å². The van der Waals surface area contributed by atoms with Crippen LogP contribution in [0.1, 0.15) is 23.9 Å². The van der Waals surface area contributed by atoms with Gasteiger partial charge in [0.1, 0.15) is 12.6 Å². The van der Waals surface area contributed by atoms with Gasteiger partial charge in [0.25, 0.3) is 5.91 Å². The molecule has 126 valence electrons. The van der Waals surface area contributed by atoms with E-state index in [1.54, 1.807) is 12.1 Å². The van der Waals surface area contributed by atoms with E-state index in [2.05, 4.69) is 10.6 Å². The topological polar surface area (TPSA) is 101 Å². The van der Waals surface area contributed by atoms with Crippen molar-refractivity contribution in [2.24, 2.45) is 0 Å². The standard InChI is InChI=1S/C15H21N3O5/c1-3-16-14(20)11-7-10(8-18(11)13(19)9-22-2)17-15(21)12-5-4-6-23-12/h4-6,10-11H,3,7-9H2,1-2H3,(H,16,20)(H,17,21)/t10-,11-/m0/s1. The molecule has 0 aromatic carbocycles. The quantitative estimate of drug-likeness (QED) is 0.752. The van der Waals surface area contributed by atoms with E-state index in [4.69, 9.17) is 9.15 Å². The van der Waals surface area contributed by atoms with Crippen LogP contribution in [-0.4, -0.2) is 61.5 Å². The Balaban J connectivity index is 2.04. The van der Waals surface area contributed by atoms with Gasteiger partial charge in [0.15, 0.2) is 5.76 Å². The molecule has 1 aromatic heterocycles. The number of carbonyl (C=O) groups excluding carboxylic acids is 3. The summed E-state index contributed by atoms with van der Waals surface area (Å²) in [6, 6.07) is 2.25. The van der Waals surface area contributed by atoms with Crippen LogP contribution in [0, 0.1) is 0 Å². The number of hydrogen-bond donors (Lipinski definition) is 2. The number of hydrogen-bond acceptors (Lipinski definition) is 5. The van der Waals surface area contributed by atoms with Crippen molar-refractivity contribution < 1.29 is 23.5 Å². The molecule has 23 heavy (non-hydrogen) atoms. The van der Waals surface area contributed by atoms with Crippen molar-refractivity contribution in [3.8, 4) is 0 Å². The average Bonchev–Trinajstić information content (AvgIpc) is 3.17. The Kier molecular flexibility index (Phi) is 5.75. The molecule has 8 heteroatoms. The van der Waals surface area contributed by atoms with Crippen LogP contribution in [0.4, 0.5) is 0 Å². The molecule has 2 heterocycles. The zero-order valence-corrected chi connectivity index (χ0v) is 13.2. The lowest BCUT2D eigenvalue weighted by atomic mass is 10.1. The molecule has 0 unspecified atom stereocenters. The Hall–Kier alpha value is -2.35. The van der Waals surface area contributed by atoms with Crippen molar-refractivity contribution in [3.05, 3.63) is 24.2 Å². The summed E-state index contributed by atoms with van der Waals surface area (Å²) in [7, 11) is 1.42. The zero-order chi connectivity index (χ0) is 16.8. The summed E-state index contributed by atoms with van der Waals surface area (Å²) in [5.74, 6) is -0.679. The molecule has 1 fully saturated rings. The van der Waals surface area contributed by atoms with E-state index >= 15 is 0 Å². The van der Waals surface area contributed by atoms with Gasteiger partial charge in [0.2, 0.25) is 11.8 Å². The van der Waals surface area contributed by atoms with Gasteiger partial charge in [-0.15, -0.1) is 0 Å². The van der Waals surface area contributed by atoms with Crippen molar-refractivity contribution >= 4 is 17.7 Å². The number of rotatable bonds is 6. The van der Waals surface area contributed by atoms with E-state index in [1.807, 2.05) is 6.92 Å². The highest BCUT2D eigenvalue weighted by Gasteiger charge is 2.40. The van der Waals surface area contributed by atoms with E-state index in [0.717, 1.165) is 0 Å². The summed E-state index contributed by atoms with van der Waals surface area (Å²) in [5.41, 5.74) is 0. The van der Waals surface area contributed by atoms with Crippen molar-refractivity contribution in [1.29, 1.82) is 0 Å². The molecule has 0 bridgehead atoms. The normalized spacial score (nSPS) is 20.3. The van der Waals surface area contributed by atoms with Gasteiger partial charge in [-0.1, -0.05) is 0 Å². The molecule has 1 aliphatic rings. The van der Waals surface area contributed by atoms with Crippen LogP contribution in [0.3, 0.4) is 0 Å². The minimum atomic E-state index is -0.612. The van der Waals surface area contributed by atoms with Gasteiger partial charge in [-0.2, -0.15) is 0 Å². The maximum atomic E-state index is 12.1. The zero-order valence-electron chi connectivity index (χ0n) is 13.2. The maximum absolute atomic E-state index is 12.1. The van der Waals surface area contributed by atoms with Crippen LogP contribution < -0.4 is 10.6 Å². The molecule has 0 radical (unpaired) electrons. The second kappa shape index (κ2) is 7.77. The third-order valence-electron chi connectivity index (χ3n) is 3.62. The number of nitrogens with zero attached hydrogens (tertiary/aromatic N) is 1. The largest absolute Gasteiger partial charge is 0.459 e. The van der Waals surface area contributed by atoms with Crippen LogP contribution >= 0.6 is 0 Å². The highest BCUT2D eigenvalue weighted by molar-refractivity contribution is 5.92. The molecule has 1 aromatic rings. The highest BCUT2D eigenvalue weighted by atomic mass is 16.5. The van der Waals surface area contributed by atoms with Crippen LogP contribution in [0.2, 0.25) is 0 Å². The molecule has 2 atom stereocenters. The molecule has 2 rings (SSSR count). The number of likely N-dealkylation sites (N-methyl/N-ethyl adjacent to an activating group) is 1. The fourth-order valence-electron chi connectivity index (χ4n) is 2.63. The SMILES string of the molecule is CCNC(=O)[C@@H]1C[C@H](NC(=O)c2ccco2)CN1C(=O)COC. The van der Waals surface area contributed by atoms with E-state index in [-0.39, 0.29) is 42.7 Å². The number of methoxy groups -OCH3 is 1. The Labute approximate surface area is 134 Å². The van der Waals surface area contributed by atoms with Crippen molar-refractivity contribution in [3.63, 3.8) is 0 Å². The maximum Gasteiger partial charge on any atom is 0.287 e. The Morgan fingerprint density at radius 2 is 2.22 bits per heavy atom. The van der Waals surface area contributed by atoms with Gasteiger partial charge in [-0.3, -0.25) is 14.4 Å². The molecular formula is C15H21N3O5. The van der Waals surface area contributed by atoms with Gasteiger partial charge in [0, 0.05) is 26.2 Å². The van der Waals surface area contributed by atoms with Crippen LogP contribution in [0.15, 0.2) is 22.8 Å². The first-order valence-corrected chi connectivity index (χ1v) is 7.47. The van der Waals surface area contributed by atoms with E-state index < -0.39 is 6.04 Å². The van der Waals surface area contributed by atoms with Crippen molar-refractivity contribution in [2.75, 3.05) is 26.8 Å². The van der Waals surface area contributed by atoms with Gasteiger partial charge >= 0.3 is 0 Å². The van der Waals surface area contributed by atoms with Crippen LogP contribution in [0.25, 0.3) is 0 Å². The lowest BCUT2D eigenvalue weighted by Gasteiger charge is -2.23. The number of furan rings is 1. The number of carbonyl (C=O) groups is 3. The van der Waals surface area contributed by atoms with Gasteiger partial charge in [-0.25, -0.2) is 0 Å². The Bertz CT molecular complexity index is 531. The van der Waals surface area contributed by atoms with Gasteiger partial charge < -0.3 is 24.7 Å². The summed E-state index contributed by atoms with van der Waals surface area (Å²) >= 11 is 0. The predicted octanol–water partition coefficient (Wildman–Crippen LogP) is -0.239. The minimum Gasteiger partial charge on any atom is -0.459 e. The first kappa shape index (κ1) is 17.0. The molecule has 3 amide bonds. The van der Waals surface area contributed by atoms with Crippen molar-refractivity contribution in [2.45, 2.75) is 25.4 Å². The van der Waals surface area contributed by atoms with Crippen LogP contribution in [0.5, 0.6) is 0 Å². The minimum absolute atomic E-state index is 0.102. The fraction of sp³-hybridized carbons (Fsp3) is 0.533. The summed E-state index contributed by atoms with van der Waals surface area (Å²) in [5, 5.41) is 5.50. The van der Waals surface area contributed by atoms with E-state index in [9.17, 15) is 14.4 Å². The lowest BCUT2D eigenvalue weighted by Crippen LogP contribution is -2.47. The smallest absolute Gasteiger partial charge is 0.287 e. The summed E-state index contributed by atoms with van der Waals surface area (Å²) in [6.07, 6.45) is 1.77. The number of ether oxygens (including phenoxy) is 1. The number of nitrogens with one attached hydrogen (secondary N) is 2. The fourth-order valence-corrected chi connectivity index (χ4v) is 2.63. The molecule has 2 N–H and O–H groups in total. The molecule has 0 aliphatic carbocycles. The highest BCUT2D eigenvalue weighted by Crippen LogP contribution is 2.19. The molecule has 0 spiro atoms. The lowest BCUT2D eigenvalue weighted by molar-refractivity contribution is -0.141. The molecule has 1 saturated heterocycles. The average molecular weight is 323 g/mol. The second-order valence-corrected chi connectivity index (χ2v) is 5.27. The second-order valence-electron chi connectivity index (χ2n) is 5.27. The monoisotopic (exact) mass is 323 g/mol. The number of likely N-dealkylation sites (tertiary alicyclic amines) is 1. The van der Waals surface area contributed by atoms with E-state index in [0.29, 0.717) is 13.0 Å². The van der Waals surface area contributed by atoms with Crippen LogP contribution in [-0.2, 0) is 14.3 Å². The third-order valence-corrected chi connectivity index (χ3v) is 3.62. The summed E-state index contributed by atoms with van der Waals surface area (Å²) in [6.45, 7) is 2.45. The van der Waals surface area contributed by atoms with Crippen molar-refractivity contribution in [1.82, 2.24) is 15.5 Å². The Morgan fingerprint density at radius 3 is 2.83 bits per heavy atom. The summed E-state index contributed by atoms with van der Waals surface area (Å²) in [4.78, 5) is 37.7. The molecule has 0 saturated carbocycles. The van der Waals surface area contributed by atoms with Gasteiger partial charge in [-0.05, 0) is 25.5 Å². The molecular weight excluding hydrogens is 302 g/mol.